The van der Waals surface area contributed by atoms with E-state index in [4.69, 9.17) is 14.2 Å². The molecular formula is C26H44O7S. The summed E-state index contributed by atoms with van der Waals surface area (Å²) in [6, 6.07) is 0. The molecule has 0 saturated heterocycles. The number of carbonyl (C=O) groups is 3. The van der Waals surface area contributed by atoms with Gasteiger partial charge in [0.05, 0.1) is 12.2 Å². The fourth-order valence-electron chi connectivity index (χ4n) is 4.69. The van der Waals surface area contributed by atoms with Crippen LogP contribution in [0.1, 0.15) is 98.3 Å². The van der Waals surface area contributed by atoms with E-state index in [0.29, 0.717) is 38.5 Å². The highest BCUT2D eigenvalue weighted by atomic mass is 32.1. The van der Waals surface area contributed by atoms with Gasteiger partial charge < -0.3 is 19.3 Å². The number of esters is 2. The van der Waals surface area contributed by atoms with E-state index in [1.165, 1.54) is 6.92 Å². The molecule has 0 spiro atoms. The molecule has 1 saturated carbocycles. The maximum absolute atomic E-state index is 11.7. The molecule has 1 aliphatic carbocycles. The van der Waals surface area contributed by atoms with Gasteiger partial charge in [0.25, 0.3) is 0 Å². The first-order chi connectivity index (χ1) is 16.1. The second kappa shape index (κ2) is 17.0. The summed E-state index contributed by atoms with van der Waals surface area (Å²) in [7, 11) is 0. The molecule has 0 radical (unpaired) electrons. The fraction of sp³-hybridized carbons (Fsp3) is 0.808. The largest absolute Gasteiger partial charge is 0.463 e. The van der Waals surface area contributed by atoms with Crippen molar-refractivity contribution in [3.05, 3.63) is 12.2 Å². The Labute approximate surface area is 210 Å². The molecular weight excluding hydrogens is 456 g/mol. The number of hydrogen-bond acceptors (Lipinski definition) is 7. The number of unbranched alkanes of at least 4 members (excludes halogenated alkanes) is 3. The molecule has 8 heteroatoms. The Morgan fingerprint density at radius 3 is 2.35 bits per heavy atom. The van der Waals surface area contributed by atoms with Gasteiger partial charge in [0, 0.05) is 31.6 Å². The third-order valence-electron chi connectivity index (χ3n) is 6.21. The number of allylic oxidation sites excluding steroid dienone is 2. The molecule has 0 bridgehead atoms. The number of rotatable bonds is 16. The second-order valence-electron chi connectivity index (χ2n) is 9.50. The Hall–Kier alpha value is -1.54. The van der Waals surface area contributed by atoms with Crippen LogP contribution < -0.4 is 0 Å². The van der Waals surface area contributed by atoms with Crippen LogP contribution in [0.4, 0.5) is 4.79 Å². The van der Waals surface area contributed by atoms with E-state index in [2.05, 4.69) is 19.6 Å². The predicted molar refractivity (Wildman–Crippen MR) is 135 cm³/mol. The molecule has 1 rings (SSSR count). The molecule has 0 unspecified atom stereocenters. The lowest BCUT2D eigenvalue weighted by Gasteiger charge is -2.26. The summed E-state index contributed by atoms with van der Waals surface area (Å²) in [4.78, 5) is 34.9. The molecule has 7 nitrogen and oxygen atoms in total. The molecule has 0 amide bonds. The molecule has 1 aliphatic rings. The summed E-state index contributed by atoms with van der Waals surface area (Å²) in [5, 5.41) is 9.77. The monoisotopic (exact) mass is 500 g/mol. The first-order valence-corrected chi connectivity index (χ1v) is 13.2. The van der Waals surface area contributed by atoms with Crippen molar-refractivity contribution < 1.29 is 33.7 Å². The Morgan fingerprint density at radius 1 is 1.03 bits per heavy atom. The van der Waals surface area contributed by atoms with Crippen molar-refractivity contribution >= 4 is 29.9 Å². The van der Waals surface area contributed by atoms with Gasteiger partial charge in [-0.25, -0.2) is 4.79 Å². The van der Waals surface area contributed by atoms with Crippen molar-refractivity contribution in [2.45, 2.75) is 123 Å². The summed E-state index contributed by atoms with van der Waals surface area (Å²) in [6.07, 6.45) is 11.0. The van der Waals surface area contributed by atoms with Crippen molar-refractivity contribution in [1.29, 1.82) is 0 Å². The zero-order valence-corrected chi connectivity index (χ0v) is 22.1. The minimum Gasteiger partial charge on any atom is -0.463 e. The van der Waals surface area contributed by atoms with Crippen LogP contribution in [-0.4, -0.2) is 46.8 Å². The van der Waals surface area contributed by atoms with E-state index in [-0.39, 0.29) is 36.0 Å². The molecule has 0 aromatic rings. The highest BCUT2D eigenvalue weighted by molar-refractivity contribution is 7.96. The van der Waals surface area contributed by atoms with Crippen molar-refractivity contribution in [1.82, 2.24) is 0 Å². The fourth-order valence-corrected chi connectivity index (χ4v) is 4.82. The van der Waals surface area contributed by atoms with Crippen LogP contribution in [0.5, 0.6) is 0 Å². The minimum atomic E-state index is -0.649. The topological polar surface area (TPSA) is 99.1 Å². The van der Waals surface area contributed by atoms with Gasteiger partial charge in [-0.1, -0.05) is 51.0 Å². The predicted octanol–water partition coefficient (Wildman–Crippen LogP) is 5.78. The number of aliphatic hydroxyl groups is 1. The normalized spacial score (nSPS) is 23.3. The number of aliphatic hydroxyl groups excluding tert-OH is 1. The molecule has 5 atom stereocenters. The summed E-state index contributed by atoms with van der Waals surface area (Å²) >= 11 is 3.78. The smallest absolute Gasteiger partial charge is 0.364 e. The zero-order valence-electron chi connectivity index (χ0n) is 21.2. The third-order valence-corrected chi connectivity index (χ3v) is 6.31. The molecule has 0 aromatic heterocycles. The summed E-state index contributed by atoms with van der Waals surface area (Å²) < 4.78 is 16.2. The van der Waals surface area contributed by atoms with E-state index in [1.807, 2.05) is 26.0 Å². The van der Waals surface area contributed by atoms with Crippen molar-refractivity contribution in [3.8, 4) is 0 Å². The second-order valence-corrected chi connectivity index (χ2v) is 9.86. The van der Waals surface area contributed by atoms with Gasteiger partial charge in [-0.05, 0) is 52.4 Å². The van der Waals surface area contributed by atoms with Crippen molar-refractivity contribution in [2.24, 2.45) is 11.8 Å². The lowest BCUT2D eigenvalue weighted by molar-refractivity contribution is -0.149. The molecule has 0 aliphatic heterocycles. The van der Waals surface area contributed by atoms with E-state index >= 15 is 0 Å². The first kappa shape index (κ1) is 30.5. The molecule has 34 heavy (non-hydrogen) atoms. The summed E-state index contributed by atoms with van der Waals surface area (Å²) in [5.74, 6) is -0.612. The van der Waals surface area contributed by atoms with Crippen LogP contribution in [0.15, 0.2) is 12.2 Å². The van der Waals surface area contributed by atoms with Gasteiger partial charge in [0.15, 0.2) is 0 Å². The van der Waals surface area contributed by atoms with Gasteiger partial charge in [0.1, 0.15) is 12.2 Å². The first-order valence-electron chi connectivity index (χ1n) is 12.7. The van der Waals surface area contributed by atoms with Crippen LogP contribution in [0.3, 0.4) is 0 Å². The maximum Gasteiger partial charge on any atom is 0.364 e. The molecule has 1 N–H and O–H groups in total. The zero-order chi connectivity index (χ0) is 25.5. The lowest BCUT2D eigenvalue weighted by atomic mass is 9.85. The Morgan fingerprint density at radius 2 is 1.74 bits per heavy atom. The Balaban J connectivity index is 2.74. The van der Waals surface area contributed by atoms with Gasteiger partial charge in [-0.15, -0.1) is 0 Å². The van der Waals surface area contributed by atoms with Gasteiger partial charge >= 0.3 is 17.2 Å². The quantitative estimate of drug-likeness (QED) is 0.0911. The number of ether oxygens (including phenoxy) is 3. The molecule has 1 fully saturated rings. The highest BCUT2D eigenvalue weighted by Crippen LogP contribution is 2.42. The molecule has 0 heterocycles. The number of hydrogen-bond donors (Lipinski definition) is 2. The van der Waals surface area contributed by atoms with Crippen LogP contribution >= 0.6 is 12.6 Å². The number of carbonyl (C=O) groups excluding carboxylic acids is 3. The van der Waals surface area contributed by atoms with Crippen molar-refractivity contribution in [3.63, 3.8) is 0 Å². The highest BCUT2D eigenvalue weighted by Gasteiger charge is 2.46. The number of thiol groups is 1. The maximum atomic E-state index is 11.7. The Kier molecular flexibility index (Phi) is 15.2. The van der Waals surface area contributed by atoms with Crippen LogP contribution in [-0.2, 0) is 23.8 Å². The average molecular weight is 501 g/mol. The van der Waals surface area contributed by atoms with Gasteiger partial charge in [0.2, 0.25) is 0 Å². The third kappa shape index (κ3) is 12.8. The van der Waals surface area contributed by atoms with Gasteiger partial charge in [-0.3, -0.25) is 9.59 Å². The van der Waals surface area contributed by atoms with Gasteiger partial charge in [-0.2, -0.15) is 0 Å². The van der Waals surface area contributed by atoms with E-state index in [1.54, 1.807) is 0 Å². The minimum absolute atomic E-state index is 0.0203. The Bertz CT molecular complexity index is 649. The van der Waals surface area contributed by atoms with E-state index in [0.717, 1.165) is 32.1 Å². The standard InChI is InChI=1S/C26H44O7S/c1-5-6-9-12-20(28)15-16-22-21(13-10-7-8-11-14-25(29)31-18(2)3)24(33-26(30)34)17-23(22)32-19(4)27/h7,10,18,20-24,28H,5-6,8-9,11-17H2,1-4H3,(H,30,34)/b10-7-/t20-,21+,22+,23+,24-/m0/s1. The summed E-state index contributed by atoms with van der Waals surface area (Å²) in [6.45, 7) is 7.18. The SMILES string of the molecule is CCCCC[C@H](O)CC[C@@H]1[C@@H](C/C=C\CCCC(=O)OC(C)C)[C@@H](OC(=O)S)C[C@H]1OC(C)=O. The van der Waals surface area contributed by atoms with Crippen LogP contribution in [0, 0.1) is 11.8 Å². The van der Waals surface area contributed by atoms with E-state index < -0.39 is 17.5 Å². The van der Waals surface area contributed by atoms with Crippen LogP contribution in [0.2, 0.25) is 0 Å². The molecule has 196 valence electrons. The lowest BCUT2D eigenvalue weighted by Crippen LogP contribution is -2.27. The van der Waals surface area contributed by atoms with Crippen molar-refractivity contribution in [2.75, 3.05) is 0 Å². The summed E-state index contributed by atoms with van der Waals surface area (Å²) in [5.41, 5.74) is 0. The van der Waals surface area contributed by atoms with E-state index in [9.17, 15) is 19.5 Å². The molecule has 0 aromatic carbocycles. The average Bonchev–Trinajstić information content (AvgIpc) is 3.03. The van der Waals surface area contributed by atoms with Crippen LogP contribution in [0.25, 0.3) is 0 Å².